The number of benzene rings is 1. The Morgan fingerprint density at radius 3 is 2.69 bits per heavy atom. The summed E-state index contributed by atoms with van der Waals surface area (Å²) in [6.45, 7) is 4.51. The molecule has 0 bridgehead atoms. The van der Waals surface area contributed by atoms with Gasteiger partial charge >= 0.3 is 0 Å². The molecule has 1 aromatic rings. The summed E-state index contributed by atoms with van der Waals surface area (Å²) in [5.41, 5.74) is 1.00. The SMILES string of the molecule is Cc1ccc(Br)c(C(=O)N2CC(C)(O)C2)c1. The Hall–Kier alpha value is -0.870. The molecule has 1 saturated heterocycles. The molecule has 86 valence electrons. The zero-order valence-corrected chi connectivity index (χ0v) is 10.9. The highest BCUT2D eigenvalue weighted by molar-refractivity contribution is 9.10. The van der Waals surface area contributed by atoms with Gasteiger partial charge in [0, 0.05) is 4.47 Å². The van der Waals surface area contributed by atoms with Gasteiger partial charge in [-0.05, 0) is 41.9 Å². The van der Waals surface area contributed by atoms with E-state index in [4.69, 9.17) is 0 Å². The molecule has 2 rings (SSSR count). The Labute approximate surface area is 103 Å². The van der Waals surface area contributed by atoms with E-state index in [9.17, 15) is 9.90 Å². The Bertz CT molecular complexity index is 435. The number of aryl methyl sites for hydroxylation is 1. The smallest absolute Gasteiger partial charge is 0.255 e. The number of aliphatic hydroxyl groups is 1. The quantitative estimate of drug-likeness (QED) is 0.856. The fourth-order valence-corrected chi connectivity index (χ4v) is 2.31. The Balaban J connectivity index is 2.19. The number of carbonyl (C=O) groups is 1. The average molecular weight is 284 g/mol. The predicted molar refractivity (Wildman–Crippen MR) is 65.4 cm³/mol. The van der Waals surface area contributed by atoms with Crippen LogP contribution in [0, 0.1) is 6.92 Å². The van der Waals surface area contributed by atoms with Crippen molar-refractivity contribution in [1.82, 2.24) is 4.90 Å². The van der Waals surface area contributed by atoms with E-state index in [1.807, 2.05) is 25.1 Å². The normalized spacial score (nSPS) is 18.1. The third-order valence-electron chi connectivity index (χ3n) is 2.70. The molecular formula is C12H14BrNO2. The topological polar surface area (TPSA) is 40.5 Å². The highest BCUT2D eigenvalue weighted by Crippen LogP contribution is 2.26. The van der Waals surface area contributed by atoms with Crippen LogP contribution in [0.15, 0.2) is 22.7 Å². The molecule has 0 spiro atoms. The van der Waals surface area contributed by atoms with Gasteiger partial charge < -0.3 is 10.0 Å². The molecule has 3 nitrogen and oxygen atoms in total. The lowest BCUT2D eigenvalue weighted by molar-refractivity contribution is -0.0669. The molecule has 16 heavy (non-hydrogen) atoms. The lowest BCUT2D eigenvalue weighted by Gasteiger charge is -2.44. The first-order chi connectivity index (χ1) is 7.39. The maximum absolute atomic E-state index is 12.1. The van der Waals surface area contributed by atoms with Crippen molar-refractivity contribution in [2.75, 3.05) is 13.1 Å². The van der Waals surface area contributed by atoms with E-state index in [1.165, 1.54) is 0 Å². The third-order valence-corrected chi connectivity index (χ3v) is 3.39. The first kappa shape index (κ1) is 11.6. The third kappa shape index (κ3) is 2.13. The van der Waals surface area contributed by atoms with E-state index >= 15 is 0 Å². The van der Waals surface area contributed by atoms with Gasteiger partial charge in [-0.15, -0.1) is 0 Å². The second kappa shape index (κ2) is 3.86. The van der Waals surface area contributed by atoms with E-state index in [1.54, 1.807) is 11.8 Å². The monoisotopic (exact) mass is 283 g/mol. The number of hydrogen-bond acceptors (Lipinski definition) is 2. The van der Waals surface area contributed by atoms with Gasteiger partial charge in [0.2, 0.25) is 0 Å². The molecule has 1 N–H and O–H groups in total. The van der Waals surface area contributed by atoms with Crippen LogP contribution >= 0.6 is 15.9 Å². The number of amides is 1. The zero-order valence-electron chi connectivity index (χ0n) is 9.33. The van der Waals surface area contributed by atoms with Crippen LogP contribution in [0.1, 0.15) is 22.8 Å². The standard InChI is InChI=1S/C12H14BrNO2/c1-8-3-4-10(13)9(5-8)11(15)14-6-12(2,16)7-14/h3-5,16H,6-7H2,1-2H3. The fraction of sp³-hybridized carbons (Fsp3) is 0.417. The molecular weight excluding hydrogens is 270 g/mol. The summed E-state index contributed by atoms with van der Waals surface area (Å²) in [5.74, 6) is -0.0258. The summed E-state index contributed by atoms with van der Waals surface area (Å²) in [7, 11) is 0. The van der Waals surface area contributed by atoms with E-state index in [2.05, 4.69) is 15.9 Å². The molecule has 1 aliphatic rings. The Morgan fingerprint density at radius 2 is 2.12 bits per heavy atom. The maximum atomic E-state index is 12.1. The Morgan fingerprint density at radius 1 is 1.50 bits per heavy atom. The maximum Gasteiger partial charge on any atom is 0.255 e. The molecule has 1 aromatic carbocycles. The van der Waals surface area contributed by atoms with Crippen LogP contribution in [-0.4, -0.2) is 34.6 Å². The molecule has 0 radical (unpaired) electrons. The fourth-order valence-electron chi connectivity index (χ4n) is 1.89. The minimum atomic E-state index is -0.716. The molecule has 1 heterocycles. The van der Waals surface area contributed by atoms with Crippen LogP contribution in [0.3, 0.4) is 0 Å². The molecule has 0 atom stereocenters. The van der Waals surface area contributed by atoms with E-state index in [-0.39, 0.29) is 5.91 Å². The first-order valence-electron chi connectivity index (χ1n) is 5.17. The number of rotatable bonds is 1. The minimum absolute atomic E-state index is 0.0258. The summed E-state index contributed by atoms with van der Waals surface area (Å²) >= 11 is 3.37. The molecule has 1 fully saturated rings. The number of hydrogen-bond donors (Lipinski definition) is 1. The van der Waals surface area contributed by atoms with Crippen molar-refractivity contribution in [3.05, 3.63) is 33.8 Å². The van der Waals surface area contributed by atoms with Gasteiger partial charge in [0.1, 0.15) is 0 Å². The predicted octanol–water partition coefficient (Wildman–Crippen LogP) is 1.96. The van der Waals surface area contributed by atoms with Gasteiger partial charge in [-0.25, -0.2) is 0 Å². The second-order valence-electron chi connectivity index (χ2n) is 4.64. The minimum Gasteiger partial charge on any atom is -0.386 e. The summed E-state index contributed by atoms with van der Waals surface area (Å²) in [5, 5.41) is 9.60. The number of carbonyl (C=O) groups excluding carboxylic acids is 1. The van der Waals surface area contributed by atoms with E-state index in [0.29, 0.717) is 18.7 Å². The summed E-state index contributed by atoms with van der Waals surface area (Å²) in [4.78, 5) is 13.7. The van der Waals surface area contributed by atoms with Gasteiger partial charge in [0.15, 0.2) is 0 Å². The second-order valence-corrected chi connectivity index (χ2v) is 5.50. The van der Waals surface area contributed by atoms with Crippen LogP contribution in [-0.2, 0) is 0 Å². The van der Waals surface area contributed by atoms with Crippen LogP contribution in [0.25, 0.3) is 0 Å². The average Bonchev–Trinajstić information content (AvgIpc) is 2.17. The molecule has 0 unspecified atom stereocenters. The highest BCUT2D eigenvalue weighted by atomic mass is 79.9. The Kier molecular flexibility index (Phi) is 2.80. The summed E-state index contributed by atoms with van der Waals surface area (Å²) in [6.07, 6.45) is 0. The molecule has 0 aliphatic carbocycles. The van der Waals surface area contributed by atoms with Crippen molar-refractivity contribution in [2.45, 2.75) is 19.4 Å². The molecule has 4 heteroatoms. The van der Waals surface area contributed by atoms with Crippen molar-refractivity contribution >= 4 is 21.8 Å². The van der Waals surface area contributed by atoms with Crippen molar-refractivity contribution in [3.63, 3.8) is 0 Å². The molecule has 0 saturated carbocycles. The lowest BCUT2D eigenvalue weighted by atomic mass is 9.95. The van der Waals surface area contributed by atoms with Crippen molar-refractivity contribution in [1.29, 1.82) is 0 Å². The largest absolute Gasteiger partial charge is 0.386 e. The van der Waals surface area contributed by atoms with Crippen molar-refractivity contribution < 1.29 is 9.90 Å². The molecule has 0 aromatic heterocycles. The van der Waals surface area contributed by atoms with E-state index in [0.717, 1.165) is 10.0 Å². The zero-order chi connectivity index (χ0) is 11.9. The number of nitrogens with zero attached hydrogens (tertiary/aromatic N) is 1. The number of halogens is 1. The molecule has 1 aliphatic heterocycles. The van der Waals surface area contributed by atoms with Gasteiger partial charge in [0.05, 0.1) is 24.3 Å². The van der Waals surface area contributed by atoms with Crippen LogP contribution in [0.2, 0.25) is 0 Å². The van der Waals surface area contributed by atoms with Gasteiger partial charge in [-0.1, -0.05) is 11.6 Å². The first-order valence-corrected chi connectivity index (χ1v) is 5.96. The van der Waals surface area contributed by atoms with Crippen LogP contribution < -0.4 is 0 Å². The van der Waals surface area contributed by atoms with Crippen molar-refractivity contribution in [2.24, 2.45) is 0 Å². The van der Waals surface area contributed by atoms with Gasteiger partial charge in [-0.2, -0.15) is 0 Å². The number of β-amino-alcohol motifs (C(OH)–C–C–N with tert-alkyl or cyclic N) is 1. The highest BCUT2D eigenvalue weighted by Gasteiger charge is 2.39. The van der Waals surface area contributed by atoms with Crippen LogP contribution in [0.4, 0.5) is 0 Å². The van der Waals surface area contributed by atoms with Gasteiger partial charge in [0.25, 0.3) is 5.91 Å². The summed E-state index contributed by atoms with van der Waals surface area (Å²) in [6, 6.07) is 5.69. The van der Waals surface area contributed by atoms with Gasteiger partial charge in [-0.3, -0.25) is 4.79 Å². The van der Waals surface area contributed by atoms with E-state index < -0.39 is 5.60 Å². The summed E-state index contributed by atoms with van der Waals surface area (Å²) < 4.78 is 0.801. The lowest BCUT2D eigenvalue weighted by Crippen LogP contribution is -2.61. The number of likely N-dealkylation sites (tertiary alicyclic amines) is 1. The molecule has 1 amide bonds. The van der Waals surface area contributed by atoms with Crippen LogP contribution in [0.5, 0.6) is 0 Å². The van der Waals surface area contributed by atoms with Crippen molar-refractivity contribution in [3.8, 4) is 0 Å².